The third-order valence-electron chi connectivity index (χ3n) is 3.80. The van der Waals surface area contributed by atoms with E-state index in [2.05, 4.69) is 13.5 Å². The molecule has 0 rings (SSSR count). The molecular formula is C21H40O7. The first-order valence-corrected chi connectivity index (χ1v) is 10.5. The van der Waals surface area contributed by atoms with Crippen LogP contribution >= 0.6 is 0 Å². The van der Waals surface area contributed by atoms with E-state index in [1.54, 1.807) is 0 Å². The summed E-state index contributed by atoms with van der Waals surface area (Å²) in [5.41, 5.74) is 0. The molecule has 0 saturated heterocycles. The minimum Gasteiger partial charge on any atom is -0.499 e. The summed E-state index contributed by atoms with van der Waals surface area (Å²) in [6.45, 7) is 10.4. The lowest BCUT2D eigenvalue weighted by molar-refractivity contribution is -0.145. The Hall–Kier alpha value is -1.15. The predicted octanol–water partition coefficient (Wildman–Crippen LogP) is 3.51. The zero-order valence-electron chi connectivity index (χ0n) is 17.7. The number of hydrogen-bond acceptors (Lipinski definition) is 7. The van der Waals surface area contributed by atoms with E-state index in [0.717, 1.165) is 12.8 Å². The first-order valence-electron chi connectivity index (χ1n) is 10.5. The van der Waals surface area contributed by atoms with Gasteiger partial charge in [0.15, 0.2) is 0 Å². The number of carbonyl (C=O) groups excluding carboxylic acids is 1. The first kappa shape index (κ1) is 26.9. The molecule has 0 aliphatic carbocycles. The second-order valence-electron chi connectivity index (χ2n) is 6.23. The quantitative estimate of drug-likeness (QED) is 0.147. The molecule has 0 aromatic carbocycles. The maximum Gasteiger partial charge on any atom is 0.305 e. The topological polar surface area (TPSA) is 72.5 Å². The van der Waals surface area contributed by atoms with Crippen molar-refractivity contribution < 1.29 is 33.2 Å². The van der Waals surface area contributed by atoms with Crippen molar-refractivity contribution in [3.8, 4) is 0 Å². The average molecular weight is 405 g/mol. The summed E-state index contributed by atoms with van der Waals surface area (Å²) in [4.78, 5) is 11.5. The Kier molecular flexibility index (Phi) is 22.9. The zero-order valence-corrected chi connectivity index (χ0v) is 17.7. The number of unbranched alkanes of at least 4 members (excludes halogenated alkanes) is 5. The molecule has 0 amide bonds. The Morgan fingerprint density at radius 1 is 0.679 bits per heavy atom. The van der Waals surface area contributed by atoms with Gasteiger partial charge in [-0.1, -0.05) is 45.6 Å². The van der Waals surface area contributed by atoms with Crippen molar-refractivity contribution >= 4 is 5.97 Å². The van der Waals surface area contributed by atoms with Crippen molar-refractivity contribution in [3.63, 3.8) is 0 Å². The Morgan fingerprint density at radius 2 is 1.14 bits per heavy atom. The minimum atomic E-state index is -0.135. The fourth-order valence-electron chi connectivity index (χ4n) is 2.29. The van der Waals surface area contributed by atoms with Crippen LogP contribution < -0.4 is 0 Å². The lowest BCUT2D eigenvalue weighted by Gasteiger charge is -2.08. The van der Waals surface area contributed by atoms with Gasteiger partial charge in [-0.25, -0.2) is 0 Å². The molecule has 0 bridgehead atoms. The van der Waals surface area contributed by atoms with Gasteiger partial charge in [-0.3, -0.25) is 4.79 Å². The number of rotatable bonds is 23. The van der Waals surface area contributed by atoms with Gasteiger partial charge in [0.05, 0.1) is 59.1 Å². The van der Waals surface area contributed by atoms with Gasteiger partial charge in [0.2, 0.25) is 0 Å². The fourth-order valence-corrected chi connectivity index (χ4v) is 2.29. The molecule has 0 N–H and O–H groups in total. The van der Waals surface area contributed by atoms with E-state index in [1.807, 2.05) is 0 Å². The van der Waals surface area contributed by atoms with Crippen LogP contribution in [0.5, 0.6) is 0 Å². The van der Waals surface area contributed by atoms with Crippen molar-refractivity contribution in [2.75, 3.05) is 66.1 Å². The SMILES string of the molecule is C=COCCOCCOCCOCCOCCOC(=O)CCCCCCCC. The van der Waals surface area contributed by atoms with Crippen molar-refractivity contribution in [1.29, 1.82) is 0 Å². The highest BCUT2D eigenvalue weighted by Crippen LogP contribution is 2.07. The van der Waals surface area contributed by atoms with E-state index in [4.69, 9.17) is 28.4 Å². The third-order valence-corrected chi connectivity index (χ3v) is 3.80. The second-order valence-corrected chi connectivity index (χ2v) is 6.23. The smallest absolute Gasteiger partial charge is 0.305 e. The van der Waals surface area contributed by atoms with E-state index < -0.39 is 0 Å². The Labute approximate surface area is 170 Å². The van der Waals surface area contributed by atoms with Gasteiger partial charge in [0, 0.05) is 6.42 Å². The molecule has 0 heterocycles. The van der Waals surface area contributed by atoms with Gasteiger partial charge in [-0.15, -0.1) is 0 Å². The number of esters is 1. The van der Waals surface area contributed by atoms with Crippen molar-refractivity contribution in [3.05, 3.63) is 12.8 Å². The molecule has 0 aliphatic heterocycles. The summed E-state index contributed by atoms with van der Waals surface area (Å²) < 4.78 is 31.5. The van der Waals surface area contributed by atoms with Gasteiger partial charge in [-0.2, -0.15) is 0 Å². The Morgan fingerprint density at radius 3 is 1.68 bits per heavy atom. The molecule has 0 spiro atoms. The highest BCUT2D eigenvalue weighted by molar-refractivity contribution is 5.69. The molecule has 0 radical (unpaired) electrons. The average Bonchev–Trinajstić information content (AvgIpc) is 2.70. The van der Waals surface area contributed by atoms with Crippen molar-refractivity contribution in [2.24, 2.45) is 0 Å². The molecule has 7 nitrogen and oxygen atoms in total. The molecular weight excluding hydrogens is 364 g/mol. The standard InChI is InChI=1S/C21H40O7/c1-3-5-6-7-8-9-10-21(22)28-20-19-27-18-17-26-16-15-25-14-13-24-12-11-23-4-2/h4H,2-3,5-20H2,1H3. The molecule has 0 atom stereocenters. The lowest BCUT2D eigenvalue weighted by Crippen LogP contribution is -2.14. The summed E-state index contributed by atoms with van der Waals surface area (Å²) in [5.74, 6) is -0.135. The largest absolute Gasteiger partial charge is 0.499 e. The third kappa shape index (κ3) is 22.9. The van der Waals surface area contributed by atoms with Crippen LogP contribution in [0.4, 0.5) is 0 Å². The number of hydrogen-bond donors (Lipinski definition) is 0. The highest BCUT2D eigenvalue weighted by Gasteiger charge is 2.02. The monoisotopic (exact) mass is 404 g/mol. The zero-order chi connectivity index (χ0) is 20.5. The van der Waals surface area contributed by atoms with Gasteiger partial charge in [0.25, 0.3) is 0 Å². The molecule has 0 aromatic heterocycles. The Bertz CT molecular complexity index is 337. The molecule has 28 heavy (non-hydrogen) atoms. The normalized spacial score (nSPS) is 10.8. The molecule has 0 aliphatic rings. The molecule has 0 fully saturated rings. The van der Waals surface area contributed by atoms with E-state index in [-0.39, 0.29) is 5.97 Å². The van der Waals surface area contributed by atoms with Crippen LogP contribution in [0.25, 0.3) is 0 Å². The van der Waals surface area contributed by atoms with Crippen LogP contribution in [0.2, 0.25) is 0 Å². The number of carbonyl (C=O) groups is 1. The second kappa shape index (κ2) is 23.9. The first-order chi connectivity index (χ1) is 13.8. The minimum absolute atomic E-state index is 0.135. The van der Waals surface area contributed by atoms with E-state index in [9.17, 15) is 4.79 Å². The fraction of sp³-hybridized carbons (Fsp3) is 0.857. The summed E-state index contributed by atoms with van der Waals surface area (Å²) >= 11 is 0. The maximum atomic E-state index is 11.5. The predicted molar refractivity (Wildman–Crippen MR) is 108 cm³/mol. The van der Waals surface area contributed by atoms with Crippen LogP contribution in [0, 0.1) is 0 Å². The van der Waals surface area contributed by atoms with Gasteiger partial charge in [-0.05, 0) is 6.42 Å². The summed E-state index contributed by atoms with van der Waals surface area (Å²) in [7, 11) is 0. The van der Waals surface area contributed by atoms with Gasteiger partial charge >= 0.3 is 5.97 Å². The summed E-state index contributed by atoms with van der Waals surface area (Å²) in [5, 5.41) is 0. The van der Waals surface area contributed by atoms with Gasteiger partial charge < -0.3 is 28.4 Å². The molecule has 0 aromatic rings. The van der Waals surface area contributed by atoms with Crippen LogP contribution in [0.3, 0.4) is 0 Å². The lowest BCUT2D eigenvalue weighted by atomic mass is 10.1. The molecule has 0 saturated carbocycles. The van der Waals surface area contributed by atoms with Crippen molar-refractivity contribution in [1.82, 2.24) is 0 Å². The highest BCUT2D eigenvalue weighted by atomic mass is 16.6. The van der Waals surface area contributed by atoms with E-state index in [1.165, 1.54) is 31.9 Å². The van der Waals surface area contributed by atoms with Crippen molar-refractivity contribution in [2.45, 2.75) is 51.9 Å². The van der Waals surface area contributed by atoms with Crippen LogP contribution in [-0.2, 0) is 33.2 Å². The van der Waals surface area contributed by atoms with E-state index in [0.29, 0.717) is 72.5 Å². The number of ether oxygens (including phenoxy) is 6. The summed E-state index contributed by atoms with van der Waals surface area (Å²) in [6.07, 6.45) is 8.89. The molecule has 0 unspecified atom stereocenters. The van der Waals surface area contributed by atoms with Crippen LogP contribution in [0.1, 0.15) is 51.9 Å². The maximum absolute atomic E-state index is 11.5. The van der Waals surface area contributed by atoms with Crippen LogP contribution in [0.15, 0.2) is 12.8 Å². The van der Waals surface area contributed by atoms with Crippen LogP contribution in [-0.4, -0.2) is 72.0 Å². The molecule has 166 valence electrons. The summed E-state index contributed by atoms with van der Waals surface area (Å²) in [6, 6.07) is 0. The van der Waals surface area contributed by atoms with Gasteiger partial charge in [0.1, 0.15) is 13.2 Å². The Balaban J connectivity index is 3.11. The molecule has 7 heteroatoms. The van der Waals surface area contributed by atoms with E-state index >= 15 is 0 Å².